The standard InChI is InChI=1S/C30H29NO4/c1-4-34-28-17-13-24(30(32)31-27-18-21(2)10-16-29(27)33-3)19-25(28)20-35-26-14-11-23(12-15-26)22-8-6-5-7-9-22/h5-19H,4,20H2,1-3H3,(H,31,32). The molecule has 0 saturated heterocycles. The van der Waals surface area contributed by atoms with Crippen molar-refractivity contribution in [2.24, 2.45) is 0 Å². The van der Waals surface area contributed by atoms with Crippen molar-refractivity contribution >= 4 is 11.6 Å². The van der Waals surface area contributed by atoms with Gasteiger partial charge >= 0.3 is 0 Å². The van der Waals surface area contributed by atoms with E-state index in [1.54, 1.807) is 19.2 Å². The van der Waals surface area contributed by atoms with Gasteiger partial charge in [-0.15, -0.1) is 0 Å². The third-order valence-electron chi connectivity index (χ3n) is 5.58. The van der Waals surface area contributed by atoms with Crippen molar-refractivity contribution in [3.05, 3.63) is 108 Å². The van der Waals surface area contributed by atoms with Crippen molar-refractivity contribution in [2.45, 2.75) is 20.5 Å². The Morgan fingerprint density at radius 3 is 2.23 bits per heavy atom. The number of benzene rings is 4. The fraction of sp³-hybridized carbons (Fsp3) is 0.167. The van der Waals surface area contributed by atoms with E-state index in [1.165, 1.54) is 0 Å². The van der Waals surface area contributed by atoms with Crippen LogP contribution in [0.25, 0.3) is 11.1 Å². The number of amides is 1. The highest BCUT2D eigenvalue weighted by Gasteiger charge is 2.14. The number of hydrogen-bond acceptors (Lipinski definition) is 4. The van der Waals surface area contributed by atoms with Gasteiger partial charge in [-0.25, -0.2) is 0 Å². The van der Waals surface area contributed by atoms with E-state index in [9.17, 15) is 4.79 Å². The molecule has 0 spiro atoms. The number of nitrogens with one attached hydrogen (secondary N) is 1. The largest absolute Gasteiger partial charge is 0.495 e. The predicted molar refractivity (Wildman–Crippen MR) is 140 cm³/mol. The molecule has 0 heterocycles. The van der Waals surface area contributed by atoms with Crippen LogP contribution in [0.4, 0.5) is 5.69 Å². The summed E-state index contributed by atoms with van der Waals surface area (Å²) < 4.78 is 17.2. The minimum absolute atomic E-state index is 0.231. The molecule has 4 aromatic carbocycles. The van der Waals surface area contributed by atoms with Crippen molar-refractivity contribution in [2.75, 3.05) is 19.0 Å². The van der Waals surface area contributed by atoms with Crippen molar-refractivity contribution in [3.8, 4) is 28.4 Å². The lowest BCUT2D eigenvalue weighted by Gasteiger charge is -2.15. The Labute approximate surface area is 206 Å². The van der Waals surface area contributed by atoms with Crippen LogP contribution in [0, 0.1) is 6.92 Å². The smallest absolute Gasteiger partial charge is 0.255 e. The summed E-state index contributed by atoms with van der Waals surface area (Å²) in [6.07, 6.45) is 0. The van der Waals surface area contributed by atoms with E-state index < -0.39 is 0 Å². The number of hydrogen-bond donors (Lipinski definition) is 1. The number of carbonyl (C=O) groups excluding carboxylic acids is 1. The molecule has 0 fully saturated rings. The minimum atomic E-state index is -0.231. The first-order valence-electron chi connectivity index (χ1n) is 11.6. The molecule has 35 heavy (non-hydrogen) atoms. The molecular weight excluding hydrogens is 438 g/mol. The van der Waals surface area contributed by atoms with E-state index >= 15 is 0 Å². The maximum atomic E-state index is 13.0. The summed E-state index contributed by atoms with van der Waals surface area (Å²) in [5, 5.41) is 2.95. The van der Waals surface area contributed by atoms with Crippen LogP contribution in [0.2, 0.25) is 0 Å². The Hall–Kier alpha value is -4.25. The Bertz CT molecular complexity index is 1280. The summed E-state index contributed by atoms with van der Waals surface area (Å²) in [5.74, 6) is 1.81. The molecule has 0 aromatic heterocycles. The number of anilines is 1. The molecule has 0 radical (unpaired) electrons. The van der Waals surface area contributed by atoms with Gasteiger partial charge in [-0.2, -0.15) is 0 Å². The van der Waals surface area contributed by atoms with Gasteiger partial charge in [0, 0.05) is 11.1 Å². The molecular formula is C30H29NO4. The first-order valence-corrected chi connectivity index (χ1v) is 11.6. The third kappa shape index (κ3) is 6.01. The zero-order valence-corrected chi connectivity index (χ0v) is 20.2. The predicted octanol–water partition coefficient (Wildman–Crippen LogP) is 6.90. The molecule has 4 rings (SSSR count). The molecule has 178 valence electrons. The molecule has 1 N–H and O–H groups in total. The Morgan fingerprint density at radius 2 is 1.51 bits per heavy atom. The van der Waals surface area contributed by atoms with Crippen LogP contribution in [0.15, 0.2) is 91.0 Å². The summed E-state index contributed by atoms with van der Waals surface area (Å²) in [4.78, 5) is 13.0. The molecule has 5 nitrogen and oxygen atoms in total. The topological polar surface area (TPSA) is 56.8 Å². The highest BCUT2D eigenvalue weighted by molar-refractivity contribution is 6.05. The van der Waals surface area contributed by atoms with E-state index in [4.69, 9.17) is 14.2 Å². The van der Waals surface area contributed by atoms with Crippen LogP contribution < -0.4 is 19.5 Å². The molecule has 0 atom stereocenters. The average Bonchev–Trinajstić information content (AvgIpc) is 2.89. The lowest BCUT2D eigenvalue weighted by Crippen LogP contribution is -2.14. The van der Waals surface area contributed by atoms with E-state index in [-0.39, 0.29) is 12.5 Å². The fourth-order valence-electron chi connectivity index (χ4n) is 3.78. The van der Waals surface area contributed by atoms with Gasteiger partial charge in [0.2, 0.25) is 0 Å². The van der Waals surface area contributed by atoms with Crippen LogP contribution in [0.3, 0.4) is 0 Å². The van der Waals surface area contributed by atoms with Gasteiger partial charge in [0.25, 0.3) is 5.91 Å². The van der Waals surface area contributed by atoms with Crippen molar-refractivity contribution in [1.29, 1.82) is 0 Å². The third-order valence-corrected chi connectivity index (χ3v) is 5.58. The number of aryl methyl sites for hydroxylation is 1. The lowest BCUT2D eigenvalue weighted by atomic mass is 10.1. The zero-order valence-electron chi connectivity index (χ0n) is 20.2. The molecule has 4 aromatic rings. The van der Waals surface area contributed by atoms with Gasteiger partial charge in [-0.1, -0.05) is 48.5 Å². The van der Waals surface area contributed by atoms with Gasteiger partial charge < -0.3 is 19.5 Å². The number of rotatable bonds is 9. The normalized spacial score (nSPS) is 10.5. The van der Waals surface area contributed by atoms with E-state index in [0.29, 0.717) is 29.4 Å². The van der Waals surface area contributed by atoms with Crippen molar-refractivity contribution < 1.29 is 19.0 Å². The summed E-state index contributed by atoms with van der Waals surface area (Å²) in [5.41, 5.74) is 5.24. The molecule has 0 unspecified atom stereocenters. The van der Waals surface area contributed by atoms with Gasteiger partial charge in [-0.3, -0.25) is 4.79 Å². The van der Waals surface area contributed by atoms with Gasteiger partial charge in [0.15, 0.2) is 0 Å². The van der Waals surface area contributed by atoms with E-state index in [0.717, 1.165) is 28.0 Å². The Kier molecular flexibility index (Phi) is 7.68. The SMILES string of the molecule is CCOc1ccc(C(=O)Nc2cc(C)ccc2OC)cc1COc1ccc(-c2ccccc2)cc1. The maximum absolute atomic E-state index is 13.0. The molecule has 0 aliphatic rings. The Morgan fingerprint density at radius 1 is 0.800 bits per heavy atom. The van der Waals surface area contributed by atoms with Crippen LogP contribution in [-0.2, 0) is 6.61 Å². The molecule has 5 heteroatoms. The quantitative estimate of drug-likeness (QED) is 0.291. The second-order valence-electron chi connectivity index (χ2n) is 8.09. The molecule has 1 amide bonds. The fourth-order valence-corrected chi connectivity index (χ4v) is 3.78. The molecule has 0 saturated carbocycles. The monoisotopic (exact) mass is 467 g/mol. The van der Waals surface area contributed by atoms with Crippen molar-refractivity contribution in [1.82, 2.24) is 0 Å². The van der Waals surface area contributed by atoms with Gasteiger partial charge in [-0.05, 0) is 73.0 Å². The summed E-state index contributed by atoms with van der Waals surface area (Å²) in [6, 6.07) is 29.2. The Balaban J connectivity index is 1.50. The number of ether oxygens (including phenoxy) is 3. The summed E-state index contributed by atoms with van der Waals surface area (Å²) in [6.45, 7) is 4.69. The summed E-state index contributed by atoms with van der Waals surface area (Å²) in [7, 11) is 1.58. The van der Waals surface area contributed by atoms with E-state index in [1.807, 2.05) is 80.6 Å². The first kappa shape index (κ1) is 23.9. The van der Waals surface area contributed by atoms with Crippen molar-refractivity contribution in [3.63, 3.8) is 0 Å². The van der Waals surface area contributed by atoms with Crippen LogP contribution >= 0.6 is 0 Å². The zero-order chi connectivity index (χ0) is 24.6. The van der Waals surface area contributed by atoms with E-state index in [2.05, 4.69) is 17.4 Å². The van der Waals surface area contributed by atoms with Gasteiger partial charge in [0.05, 0.1) is 19.4 Å². The maximum Gasteiger partial charge on any atom is 0.255 e. The number of carbonyl (C=O) groups is 1. The highest BCUT2D eigenvalue weighted by Crippen LogP contribution is 2.28. The van der Waals surface area contributed by atoms with Gasteiger partial charge in [0.1, 0.15) is 23.9 Å². The highest BCUT2D eigenvalue weighted by atomic mass is 16.5. The molecule has 0 aliphatic heterocycles. The van der Waals surface area contributed by atoms with Crippen LogP contribution in [-0.4, -0.2) is 19.6 Å². The van der Waals surface area contributed by atoms with Crippen LogP contribution in [0.1, 0.15) is 28.4 Å². The average molecular weight is 468 g/mol. The van der Waals surface area contributed by atoms with Crippen LogP contribution in [0.5, 0.6) is 17.2 Å². The first-order chi connectivity index (χ1) is 17.1. The molecule has 0 bridgehead atoms. The lowest BCUT2D eigenvalue weighted by molar-refractivity contribution is 0.102. The second-order valence-corrected chi connectivity index (χ2v) is 8.09. The minimum Gasteiger partial charge on any atom is -0.495 e. The number of methoxy groups -OCH3 is 1. The summed E-state index contributed by atoms with van der Waals surface area (Å²) >= 11 is 0. The molecule has 0 aliphatic carbocycles. The second kappa shape index (κ2) is 11.3.